The third kappa shape index (κ3) is 3.83. The number of carbonyl (C=O) groups excluding carboxylic acids is 1. The number of fused-ring (bicyclic) bond motifs is 1. The second-order valence-corrected chi connectivity index (χ2v) is 7.41. The molecule has 0 unspecified atom stereocenters. The van der Waals surface area contributed by atoms with Gasteiger partial charge in [0.1, 0.15) is 0 Å². The first-order valence-electron chi connectivity index (χ1n) is 8.05. The van der Waals surface area contributed by atoms with Gasteiger partial charge < -0.3 is 14.9 Å². The number of methoxy groups -OCH3 is 1. The lowest BCUT2D eigenvalue weighted by Crippen LogP contribution is -2.14. The van der Waals surface area contributed by atoms with Crippen LogP contribution in [-0.2, 0) is 20.9 Å². The molecule has 1 aliphatic heterocycles. The molecule has 0 atom stereocenters. The number of hydrogen-bond acceptors (Lipinski definition) is 7. The van der Waals surface area contributed by atoms with Crippen molar-refractivity contribution in [1.29, 1.82) is 0 Å². The number of aromatic nitrogens is 1. The molecule has 2 heterocycles. The van der Waals surface area contributed by atoms with Crippen molar-refractivity contribution in [2.45, 2.75) is 19.4 Å². The average molecular weight is 404 g/mol. The Labute approximate surface area is 163 Å². The largest absolute Gasteiger partial charge is 0.493 e. The van der Waals surface area contributed by atoms with Gasteiger partial charge in [0, 0.05) is 24.1 Å². The van der Waals surface area contributed by atoms with E-state index in [1.165, 1.54) is 23.0 Å². The molecule has 2 aromatic rings. The van der Waals surface area contributed by atoms with Crippen molar-refractivity contribution in [3.8, 4) is 5.88 Å². The minimum absolute atomic E-state index is 0.0139. The molecule has 7 nitrogen and oxygen atoms in total. The summed E-state index contributed by atoms with van der Waals surface area (Å²) in [6.45, 7) is 0.297. The number of carbonyl (C=O) groups is 2. The molecule has 1 aliphatic rings. The summed E-state index contributed by atoms with van der Waals surface area (Å²) in [4.78, 5) is 27.6. The van der Waals surface area contributed by atoms with Crippen LogP contribution in [0.1, 0.15) is 23.3 Å². The zero-order chi connectivity index (χ0) is 19.6. The molecule has 3 rings (SSSR count). The van der Waals surface area contributed by atoms with Crippen LogP contribution in [0.5, 0.6) is 5.88 Å². The van der Waals surface area contributed by atoms with E-state index < -0.39 is 11.9 Å². The number of para-hydroxylation sites is 1. The van der Waals surface area contributed by atoms with Gasteiger partial charge in [0.2, 0.25) is 5.88 Å². The zero-order valence-corrected chi connectivity index (χ0v) is 16.0. The summed E-state index contributed by atoms with van der Waals surface area (Å²) in [6, 6.07) is 7.28. The highest BCUT2D eigenvalue weighted by Crippen LogP contribution is 2.38. The van der Waals surface area contributed by atoms with Gasteiger partial charge in [0.25, 0.3) is 0 Å². The fourth-order valence-electron chi connectivity index (χ4n) is 2.73. The molecule has 27 heavy (non-hydrogen) atoms. The molecule has 0 amide bonds. The summed E-state index contributed by atoms with van der Waals surface area (Å²) in [5, 5.41) is 19.3. The number of ether oxygens (including phenoxy) is 1. The van der Waals surface area contributed by atoms with E-state index in [1.54, 1.807) is 12.1 Å². The Hall–Kier alpha value is -2.78. The van der Waals surface area contributed by atoms with Gasteiger partial charge in [0.05, 0.1) is 17.7 Å². The lowest BCUT2D eigenvalue weighted by Gasteiger charge is -2.05. The van der Waals surface area contributed by atoms with E-state index in [0.717, 1.165) is 5.56 Å². The van der Waals surface area contributed by atoms with Crippen molar-refractivity contribution in [1.82, 2.24) is 4.57 Å². The summed E-state index contributed by atoms with van der Waals surface area (Å²) < 4.78 is 6.73. The van der Waals surface area contributed by atoms with Crippen molar-refractivity contribution < 1.29 is 24.5 Å². The highest BCUT2D eigenvalue weighted by atomic mass is 32.1. The number of esters is 1. The quantitative estimate of drug-likeness (QED) is 0.563. The second kappa shape index (κ2) is 7.85. The number of carboxylic acid groups (broad SMARTS) is 1. The van der Waals surface area contributed by atoms with Gasteiger partial charge in [-0.05, 0) is 30.8 Å². The summed E-state index contributed by atoms with van der Waals surface area (Å²) in [5.41, 5.74) is 2.11. The van der Waals surface area contributed by atoms with E-state index in [9.17, 15) is 14.7 Å². The Kier molecular flexibility index (Phi) is 5.52. The van der Waals surface area contributed by atoms with Crippen molar-refractivity contribution >= 4 is 58.5 Å². The summed E-state index contributed by atoms with van der Waals surface area (Å²) in [5.74, 6) is -1.53. The number of thiazole rings is 1. The van der Waals surface area contributed by atoms with Crippen molar-refractivity contribution in [2.24, 2.45) is 4.99 Å². The summed E-state index contributed by atoms with van der Waals surface area (Å²) >= 11 is 6.46. The Bertz CT molecular complexity index is 1030. The number of aliphatic imine (C=N–C) groups is 1. The molecule has 0 saturated carbocycles. The molecular weight excluding hydrogens is 388 g/mol. The fraction of sp³-hybridized carbons (Fsp3) is 0.222. The summed E-state index contributed by atoms with van der Waals surface area (Å²) in [7, 11) is 1.28. The molecule has 9 heteroatoms. The molecule has 0 radical (unpaired) electrons. The van der Waals surface area contributed by atoms with Crippen LogP contribution in [-0.4, -0.2) is 39.5 Å². The normalized spacial score (nSPS) is 14.1. The fourth-order valence-corrected chi connectivity index (χ4v) is 4.03. The number of benzene rings is 1. The standard InChI is InChI=1S/C18H16N2O5S2/c1-25-17(24)15-11(10-5-2-3-6-12(10)19-15)9-13-16(23)20(18(26)27-13)8-4-7-14(21)22/h2-3,5-6,9,23H,4,7-8H2,1H3,(H,21,22). The van der Waals surface area contributed by atoms with Crippen LogP contribution in [0.25, 0.3) is 11.6 Å². The van der Waals surface area contributed by atoms with Crippen LogP contribution in [0.4, 0.5) is 5.69 Å². The molecular formula is C18H16N2O5S2. The molecule has 0 aliphatic carbocycles. The maximum absolute atomic E-state index is 12.1. The van der Waals surface area contributed by atoms with Gasteiger partial charge in [-0.3, -0.25) is 9.36 Å². The van der Waals surface area contributed by atoms with Gasteiger partial charge in [-0.2, -0.15) is 0 Å². The Morgan fingerprint density at radius 1 is 1.37 bits per heavy atom. The van der Waals surface area contributed by atoms with Gasteiger partial charge in [-0.25, -0.2) is 9.79 Å². The van der Waals surface area contributed by atoms with Crippen molar-refractivity contribution in [2.75, 3.05) is 7.11 Å². The van der Waals surface area contributed by atoms with Gasteiger partial charge in [-0.15, -0.1) is 11.3 Å². The Balaban J connectivity index is 2.00. The first kappa shape index (κ1) is 19.0. The molecule has 0 bridgehead atoms. The van der Waals surface area contributed by atoms with Crippen LogP contribution in [0, 0.1) is 3.95 Å². The lowest BCUT2D eigenvalue weighted by molar-refractivity contribution is -0.137. The van der Waals surface area contributed by atoms with Gasteiger partial charge in [-0.1, -0.05) is 18.2 Å². The van der Waals surface area contributed by atoms with Crippen LogP contribution in [0.3, 0.4) is 0 Å². The Morgan fingerprint density at radius 2 is 2.11 bits per heavy atom. The molecule has 0 saturated heterocycles. The predicted molar refractivity (Wildman–Crippen MR) is 105 cm³/mol. The topological polar surface area (TPSA) is 101 Å². The summed E-state index contributed by atoms with van der Waals surface area (Å²) in [6.07, 6.45) is 1.99. The third-order valence-corrected chi connectivity index (χ3v) is 5.39. The molecule has 1 aromatic heterocycles. The number of nitrogens with zero attached hydrogens (tertiary/aromatic N) is 2. The number of rotatable bonds is 6. The van der Waals surface area contributed by atoms with Crippen LogP contribution < -0.4 is 0 Å². The zero-order valence-electron chi connectivity index (χ0n) is 14.3. The minimum Gasteiger partial charge on any atom is -0.493 e. The highest BCUT2D eigenvalue weighted by molar-refractivity contribution is 7.73. The molecule has 0 spiro atoms. The molecule has 0 fully saturated rings. The van der Waals surface area contributed by atoms with Gasteiger partial charge >= 0.3 is 11.9 Å². The third-order valence-electron chi connectivity index (χ3n) is 4.00. The smallest absolute Gasteiger partial charge is 0.357 e. The number of hydrogen-bond donors (Lipinski definition) is 2. The highest BCUT2D eigenvalue weighted by Gasteiger charge is 2.27. The SMILES string of the molecule is COC(=O)C1=Nc2ccccc2C1=Cc1sc(=S)n(CCCC(=O)O)c1O. The van der Waals surface area contributed by atoms with Gasteiger partial charge in [0.15, 0.2) is 9.67 Å². The number of aromatic hydroxyl groups is 1. The van der Waals surface area contributed by atoms with E-state index in [0.29, 0.717) is 33.1 Å². The first-order chi connectivity index (χ1) is 12.9. The van der Waals surface area contributed by atoms with Crippen LogP contribution in [0.2, 0.25) is 0 Å². The van der Waals surface area contributed by atoms with E-state index >= 15 is 0 Å². The lowest BCUT2D eigenvalue weighted by atomic mass is 10.0. The van der Waals surface area contributed by atoms with E-state index in [1.807, 2.05) is 18.2 Å². The van der Waals surface area contributed by atoms with E-state index in [4.69, 9.17) is 22.1 Å². The number of aliphatic carboxylic acids is 1. The maximum atomic E-state index is 12.1. The van der Waals surface area contributed by atoms with Crippen molar-refractivity contribution in [3.63, 3.8) is 0 Å². The first-order valence-corrected chi connectivity index (χ1v) is 9.27. The molecule has 2 N–H and O–H groups in total. The maximum Gasteiger partial charge on any atom is 0.357 e. The monoisotopic (exact) mass is 404 g/mol. The number of carboxylic acids is 1. The minimum atomic E-state index is -0.903. The van der Waals surface area contributed by atoms with Crippen molar-refractivity contribution in [3.05, 3.63) is 38.7 Å². The second-order valence-electron chi connectivity index (χ2n) is 5.73. The molecule has 140 valence electrons. The average Bonchev–Trinajstić information content (AvgIpc) is 3.13. The van der Waals surface area contributed by atoms with E-state index in [-0.39, 0.29) is 18.0 Å². The predicted octanol–water partition coefficient (Wildman–Crippen LogP) is 3.65. The molecule has 1 aromatic carbocycles. The van der Waals surface area contributed by atoms with Crippen LogP contribution in [0.15, 0.2) is 29.3 Å². The van der Waals surface area contributed by atoms with Crippen LogP contribution >= 0.6 is 23.6 Å². The Morgan fingerprint density at radius 3 is 2.81 bits per heavy atom. The van der Waals surface area contributed by atoms with E-state index in [2.05, 4.69) is 4.99 Å².